The number of nitrogens with one attached hydrogen (secondary N) is 2. The van der Waals surface area contributed by atoms with Crippen molar-refractivity contribution in [3.63, 3.8) is 0 Å². The molecular formula is C14H28ClN3O2. The van der Waals surface area contributed by atoms with Crippen molar-refractivity contribution in [3.8, 4) is 0 Å². The minimum absolute atomic E-state index is 0. The molecule has 1 aliphatic rings. The molecule has 0 saturated carbocycles. The summed E-state index contributed by atoms with van der Waals surface area (Å²) in [5.41, 5.74) is 0. The summed E-state index contributed by atoms with van der Waals surface area (Å²) in [6.45, 7) is 7.00. The van der Waals surface area contributed by atoms with Crippen LogP contribution in [0, 0.1) is 0 Å². The number of hydrogen-bond acceptors (Lipinski definition) is 3. The summed E-state index contributed by atoms with van der Waals surface area (Å²) < 4.78 is 0. The molecule has 5 nitrogen and oxygen atoms in total. The van der Waals surface area contributed by atoms with Crippen molar-refractivity contribution in [2.45, 2.75) is 52.0 Å². The Balaban J connectivity index is 0.00000361. The van der Waals surface area contributed by atoms with Gasteiger partial charge in [-0.3, -0.25) is 9.59 Å². The van der Waals surface area contributed by atoms with Gasteiger partial charge in [0.2, 0.25) is 11.8 Å². The van der Waals surface area contributed by atoms with E-state index in [-0.39, 0.29) is 30.3 Å². The quantitative estimate of drug-likeness (QED) is 0.697. The molecule has 2 amide bonds. The molecule has 0 spiro atoms. The highest BCUT2D eigenvalue weighted by molar-refractivity contribution is 5.85. The molecule has 0 aliphatic carbocycles. The van der Waals surface area contributed by atoms with Crippen molar-refractivity contribution in [1.29, 1.82) is 0 Å². The van der Waals surface area contributed by atoms with Gasteiger partial charge in [-0.25, -0.2) is 0 Å². The molecule has 0 radical (unpaired) electrons. The standard InChI is InChI=1S/C14H27N3O2.ClH/c1-3-17(4-2)13(18)9-7-11-16-14(19)12-8-5-6-10-15-12;/h12,15H,3-11H2,1-2H3,(H,16,19);1H. The average molecular weight is 306 g/mol. The van der Waals surface area contributed by atoms with Crippen LogP contribution in [0.25, 0.3) is 0 Å². The van der Waals surface area contributed by atoms with E-state index in [1.54, 1.807) is 0 Å². The fourth-order valence-corrected chi connectivity index (χ4v) is 2.38. The number of halogens is 1. The number of nitrogens with zero attached hydrogens (tertiary/aromatic N) is 1. The Kier molecular flexibility index (Phi) is 10.5. The number of carbonyl (C=O) groups excluding carboxylic acids is 2. The Labute approximate surface area is 128 Å². The monoisotopic (exact) mass is 305 g/mol. The molecule has 0 aromatic carbocycles. The van der Waals surface area contributed by atoms with Gasteiger partial charge in [0, 0.05) is 26.1 Å². The highest BCUT2D eigenvalue weighted by atomic mass is 35.5. The topological polar surface area (TPSA) is 61.4 Å². The van der Waals surface area contributed by atoms with Gasteiger partial charge in [0.05, 0.1) is 6.04 Å². The Morgan fingerprint density at radius 1 is 1.25 bits per heavy atom. The van der Waals surface area contributed by atoms with Gasteiger partial charge < -0.3 is 15.5 Å². The first-order valence-electron chi connectivity index (χ1n) is 7.47. The molecule has 2 N–H and O–H groups in total. The Hall–Kier alpha value is -0.810. The molecule has 1 atom stereocenters. The lowest BCUT2D eigenvalue weighted by Gasteiger charge is -2.22. The summed E-state index contributed by atoms with van der Waals surface area (Å²) in [4.78, 5) is 25.4. The van der Waals surface area contributed by atoms with E-state index in [4.69, 9.17) is 0 Å². The van der Waals surface area contributed by atoms with Gasteiger partial charge in [0.15, 0.2) is 0 Å². The Morgan fingerprint density at radius 2 is 1.95 bits per heavy atom. The van der Waals surface area contributed by atoms with Crippen LogP contribution in [-0.4, -0.2) is 48.9 Å². The molecule has 6 heteroatoms. The number of amides is 2. The average Bonchev–Trinajstić information content (AvgIpc) is 2.45. The van der Waals surface area contributed by atoms with Crippen molar-refractivity contribution in [2.24, 2.45) is 0 Å². The van der Waals surface area contributed by atoms with E-state index in [0.717, 1.165) is 38.9 Å². The van der Waals surface area contributed by atoms with Gasteiger partial charge in [-0.05, 0) is 39.7 Å². The zero-order valence-corrected chi connectivity index (χ0v) is 13.4. The molecule has 0 aromatic heterocycles. The molecule has 118 valence electrons. The Morgan fingerprint density at radius 3 is 2.50 bits per heavy atom. The van der Waals surface area contributed by atoms with Crippen LogP contribution in [0.1, 0.15) is 46.0 Å². The van der Waals surface area contributed by atoms with Gasteiger partial charge >= 0.3 is 0 Å². The first-order chi connectivity index (χ1) is 9.19. The Bertz CT molecular complexity index is 290. The van der Waals surface area contributed by atoms with Crippen LogP contribution >= 0.6 is 12.4 Å². The van der Waals surface area contributed by atoms with Crippen LogP contribution in [0.3, 0.4) is 0 Å². The molecule has 1 unspecified atom stereocenters. The minimum Gasteiger partial charge on any atom is -0.355 e. The van der Waals surface area contributed by atoms with Crippen LogP contribution in [0.2, 0.25) is 0 Å². The zero-order chi connectivity index (χ0) is 14.1. The second-order valence-corrected chi connectivity index (χ2v) is 4.96. The van der Waals surface area contributed by atoms with Crippen molar-refractivity contribution < 1.29 is 9.59 Å². The van der Waals surface area contributed by atoms with Gasteiger partial charge in [0.25, 0.3) is 0 Å². The minimum atomic E-state index is -0.0350. The number of hydrogen-bond donors (Lipinski definition) is 2. The molecule has 1 fully saturated rings. The van der Waals surface area contributed by atoms with Crippen molar-refractivity contribution in [2.75, 3.05) is 26.2 Å². The smallest absolute Gasteiger partial charge is 0.237 e. The third-order valence-corrected chi connectivity index (χ3v) is 3.61. The molecule has 20 heavy (non-hydrogen) atoms. The van der Waals surface area contributed by atoms with E-state index in [2.05, 4.69) is 10.6 Å². The van der Waals surface area contributed by atoms with Gasteiger partial charge in [-0.1, -0.05) is 6.42 Å². The van der Waals surface area contributed by atoms with Crippen molar-refractivity contribution >= 4 is 24.2 Å². The van der Waals surface area contributed by atoms with Gasteiger partial charge in [-0.2, -0.15) is 0 Å². The summed E-state index contributed by atoms with van der Waals surface area (Å²) in [6, 6.07) is -0.0350. The first-order valence-corrected chi connectivity index (χ1v) is 7.47. The number of carbonyl (C=O) groups is 2. The van der Waals surface area contributed by atoms with Crippen LogP contribution in [0.5, 0.6) is 0 Å². The lowest BCUT2D eigenvalue weighted by molar-refractivity contribution is -0.131. The van der Waals surface area contributed by atoms with Crippen LogP contribution < -0.4 is 10.6 Å². The van der Waals surface area contributed by atoms with E-state index < -0.39 is 0 Å². The maximum atomic E-state index is 11.8. The lowest BCUT2D eigenvalue weighted by atomic mass is 10.0. The summed E-state index contributed by atoms with van der Waals surface area (Å²) >= 11 is 0. The molecular weight excluding hydrogens is 278 g/mol. The maximum absolute atomic E-state index is 11.8. The van der Waals surface area contributed by atoms with Crippen molar-refractivity contribution in [1.82, 2.24) is 15.5 Å². The third kappa shape index (κ3) is 6.57. The predicted octanol–water partition coefficient (Wildman–Crippen LogP) is 1.32. The van der Waals surface area contributed by atoms with E-state index in [1.807, 2.05) is 18.7 Å². The molecule has 1 aliphatic heterocycles. The lowest BCUT2D eigenvalue weighted by Crippen LogP contribution is -2.46. The van der Waals surface area contributed by atoms with E-state index in [0.29, 0.717) is 19.4 Å². The summed E-state index contributed by atoms with van der Waals surface area (Å²) in [5, 5.41) is 6.13. The first kappa shape index (κ1) is 19.2. The largest absolute Gasteiger partial charge is 0.355 e. The summed E-state index contributed by atoms with van der Waals surface area (Å²) in [5.74, 6) is 0.255. The number of rotatable bonds is 7. The molecule has 1 rings (SSSR count). The van der Waals surface area contributed by atoms with Crippen molar-refractivity contribution in [3.05, 3.63) is 0 Å². The molecule has 1 heterocycles. The third-order valence-electron chi connectivity index (χ3n) is 3.61. The molecule has 0 aromatic rings. The van der Waals surface area contributed by atoms with Crippen LogP contribution in [0.4, 0.5) is 0 Å². The van der Waals surface area contributed by atoms with Crippen LogP contribution in [0.15, 0.2) is 0 Å². The van der Waals surface area contributed by atoms with E-state index in [9.17, 15) is 9.59 Å². The summed E-state index contributed by atoms with van der Waals surface area (Å²) in [7, 11) is 0. The maximum Gasteiger partial charge on any atom is 0.237 e. The van der Waals surface area contributed by atoms with E-state index >= 15 is 0 Å². The normalized spacial score (nSPS) is 18.0. The second-order valence-electron chi connectivity index (χ2n) is 4.96. The predicted molar refractivity (Wildman–Crippen MR) is 83.1 cm³/mol. The highest BCUT2D eigenvalue weighted by Gasteiger charge is 2.19. The van der Waals surface area contributed by atoms with Gasteiger partial charge in [0.1, 0.15) is 0 Å². The highest BCUT2D eigenvalue weighted by Crippen LogP contribution is 2.06. The number of piperidine rings is 1. The molecule has 0 bridgehead atoms. The SMILES string of the molecule is CCN(CC)C(=O)CCCNC(=O)C1CCCCN1.Cl. The zero-order valence-electron chi connectivity index (χ0n) is 12.6. The van der Waals surface area contributed by atoms with Crippen LogP contribution in [-0.2, 0) is 9.59 Å². The summed E-state index contributed by atoms with van der Waals surface area (Å²) in [6.07, 6.45) is 4.42. The fraction of sp³-hybridized carbons (Fsp3) is 0.857. The van der Waals surface area contributed by atoms with Gasteiger partial charge in [-0.15, -0.1) is 12.4 Å². The van der Waals surface area contributed by atoms with E-state index in [1.165, 1.54) is 0 Å². The fourth-order valence-electron chi connectivity index (χ4n) is 2.38. The second kappa shape index (κ2) is 10.9. The molecule has 1 saturated heterocycles.